The second-order valence-electron chi connectivity index (χ2n) is 3.27. The molecule has 0 atom stereocenters. The predicted molar refractivity (Wildman–Crippen MR) is 56.5 cm³/mol. The van der Waals surface area contributed by atoms with E-state index < -0.39 is 11.8 Å². The fraction of sp³-hybridized carbons (Fsp3) is 0.200. The number of aromatic carboxylic acids is 1. The summed E-state index contributed by atoms with van der Waals surface area (Å²) in [5.41, 5.74) is 0.608. The van der Waals surface area contributed by atoms with Gasteiger partial charge in [0.05, 0.1) is 10.7 Å². The van der Waals surface area contributed by atoms with Crippen LogP contribution in [0.15, 0.2) is 12.3 Å². The van der Waals surface area contributed by atoms with Crippen LogP contribution in [0.1, 0.15) is 23.1 Å². The molecule has 0 aliphatic heterocycles. The molecule has 0 amide bonds. The van der Waals surface area contributed by atoms with E-state index in [1.807, 2.05) is 0 Å². The molecular weight excluding hydrogens is 235 g/mol. The highest BCUT2D eigenvalue weighted by molar-refractivity contribution is 6.33. The summed E-state index contributed by atoms with van der Waals surface area (Å²) in [6, 6.07) is 1.11. The Labute approximate surface area is 95.3 Å². The molecule has 0 aliphatic carbocycles. The lowest BCUT2D eigenvalue weighted by Crippen LogP contribution is -2.05. The molecule has 16 heavy (non-hydrogen) atoms. The van der Waals surface area contributed by atoms with Crippen molar-refractivity contribution in [3.05, 3.63) is 34.5 Å². The minimum atomic E-state index is -1.15. The Hall–Kier alpha value is -1.62. The molecule has 1 N–H and O–H groups in total. The van der Waals surface area contributed by atoms with Gasteiger partial charge in [0, 0.05) is 6.20 Å². The Morgan fingerprint density at radius 3 is 2.94 bits per heavy atom. The second-order valence-corrected chi connectivity index (χ2v) is 3.67. The fourth-order valence-corrected chi connectivity index (χ4v) is 1.83. The number of hydrogen-bond donors (Lipinski definition) is 1. The number of pyridine rings is 1. The Bertz CT molecular complexity index is 580. The molecule has 0 unspecified atom stereocenters. The molecule has 2 aromatic rings. The molecule has 2 rings (SSSR count). The maximum atomic E-state index is 13.1. The second kappa shape index (κ2) is 3.75. The Kier molecular flexibility index (Phi) is 2.55. The lowest BCUT2D eigenvalue weighted by Gasteiger charge is -1.99. The number of carboxylic acid groups (broad SMARTS) is 1. The van der Waals surface area contributed by atoms with Crippen molar-refractivity contribution in [2.24, 2.45) is 0 Å². The standard InChI is InChI=1S/C10H8ClFN2O2/c1-2-7-8(10(15)16)14-4-5(12)3-6(11)9(14)13-7/h3-4H,2H2,1H3,(H,15,16). The number of rotatable bonds is 2. The van der Waals surface area contributed by atoms with Gasteiger partial charge in [-0.05, 0) is 12.5 Å². The van der Waals surface area contributed by atoms with Crippen LogP contribution in [0.5, 0.6) is 0 Å². The summed E-state index contributed by atoms with van der Waals surface area (Å²) in [6.45, 7) is 1.78. The van der Waals surface area contributed by atoms with E-state index in [1.54, 1.807) is 6.92 Å². The first kappa shape index (κ1) is 10.9. The monoisotopic (exact) mass is 242 g/mol. The van der Waals surface area contributed by atoms with E-state index in [2.05, 4.69) is 4.98 Å². The minimum Gasteiger partial charge on any atom is -0.477 e. The van der Waals surface area contributed by atoms with Gasteiger partial charge in [0.25, 0.3) is 0 Å². The van der Waals surface area contributed by atoms with Gasteiger partial charge in [-0.1, -0.05) is 18.5 Å². The number of carbonyl (C=O) groups is 1. The van der Waals surface area contributed by atoms with Gasteiger partial charge in [0.1, 0.15) is 5.82 Å². The van der Waals surface area contributed by atoms with Crippen LogP contribution >= 0.6 is 11.6 Å². The van der Waals surface area contributed by atoms with Gasteiger partial charge in [-0.15, -0.1) is 0 Å². The highest BCUT2D eigenvalue weighted by Crippen LogP contribution is 2.22. The van der Waals surface area contributed by atoms with Crippen molar-refractivity contribution in [1.82, 2.24) is 9.38 Å². The average Bonchev–Trinajstić information content (AvgIpc) is 2.56. The van der Waals surface area contributed by atoms with E-state index >= 15 is 0 Å². The summed E-state index contributed by atoms with van der Waals surface area (Å²) >= 11 is 5.79. The summed E-state index contributed by atoms with van der Waals surface area (Å²) < 4.78 is 14.3. The Morgan fingerprint density at radius 1 is 1.69 bits per heavy atom. The highest BCUT2D eigenvalue weighted by Gasteiger charge is 2.19. The van der Waals surface area contributed by atoms with Crippen LogP contribution in [0.25, 0.3) is 5.65 Å². The molecule has 0 fully saturated rings. The predicted octanol–water partition coefficient (Wildman–Crippen LogP) is 2.39. The molecule has 0 spiro atoms. The van der Waals surface area contributed by atoms with Crippen molar-refractivity contribution in [2.75, 3.05) is 0 Å². The number of hydrogen-bond acceptors (Lipinski definition) is 2. The third kappa shape index (κ3) is 1.53. The van der Waals surface area contributed by atoms with Crippen LogP contribution in [0.4, 0.5) is 4.39 Å². The SMILES string of the molecule is CCc1nc2c(Cl)cc(F)cn2c1C(=O)O. The molecule has 4 nitrogen and oxygen atoms in total. The largest absolute Gasteiger partial charge is 0.477 e. The maximum absolute atomic E-state index is 13.1. The van der Waals surface area contributed by atoms with Crippen LogP contribution in [-0.4, -0.2) is 20.5 Å². The summed E-state index contributed by atoms with van der Waals surface area (Å²) in [4.78, 5) is 15.1. The third-order valence-corrected chi connectivity index (χ3v) is 2.53. The lowest BCUT2D eigenvalue weighted by molar-refractivity contribution is 0.0688. The van der Waals surface area contributed by atoms with Gasteiger partial charge >= 0.3 is 5.97 Å². The molecule has 0 saturated heterocycles. The lowest BCUT2D eigenvalue weighted by atomic mass is 10.2. The van der Waals surface area contributed by atoms with Crippen LogP contribution in [0, 0.1) is 5.82 Å². The summed E-state index contributed by atoms with van der Waals surface area (Å²) in [5, 5.41) is 9.14. The molecule has 0 aromatic carbocycles. The average molecular weight is 243 g/mol. The number of imidazole rings is 1. The molecule has 0 aliphatic rings. The number of fused-ring (bicyclic) bond motifs is 1. The Morgan fingerprint density at radius 2 is 2.38 bits per heavy atom. The van der Waals surface area contributed by atoms with Crippen LogP contribution in [0.2, 0.25) is 5.02 Å². The maximum Gasteiger partial charge on any atom is 0.354 e. The zero-order valence-electron chi connectivity index (χ0n) is 8.37. The first-order valence-electron chi connectivity index (χ1n) is 4.64. The highest BCUT2D eigenvalue weighted by atomic mass is 35.5. The normalized spacial score (nSPS) is 10.9. The van der Waals surface area contributed by atoms with E-state index in [1.165, 1.54) is 4.40 Å². The van der Waals surface area contributed by atoms with Gasteiger partial charge in [0.15, 0.2) is 11.3 Å². The number of halogens is 2. The molecular formula is C10H8ClFN2O2. The van der Waals surface area contributed by atoms with Crippen molar-refractivity contribution in [3.8, 4) is 0 Å². The molecule has 2 heterocycles. The number of aryl methyl sites for hydroxylation is 1. The topological polar surface area (TPSA) is 54.6 Å². The van der Waals surface area contributed by atoms with Crippen LogP contribution in [-0.2, 0) is 6.42 Å². The smallest absolute Gasteiger partial charge is 0.354 e. The van der Waals surface area contributed by atoms with Gasteiger partial charge in [-0.2, -0.15) is 0 Å². The molecule has 0 bridgehead atoms. The van der Waals surface area contributed by atoms with Crippen molar-refractivity contribution in [2.45, 2.75) is 13.3 Å². The number of aromatic nitrogens is 2. The van der Waals surface area contributed by atoms with Gasteiger partial charge in [-0.25, -0.2) is 14.2 Å². The number of nitrogens with zero attached hydrogens (tertiary/aromatic N) is 2. The first-order valence-corrected chi connectivity index (χ1v) is 5.01. The zero-order valence-corrected chi connectivity index (χ0v) is 9.12. The van der Waals surface area contributed by atoms with Crippen molar-refractivity contribution in [1.29, 1.82) is 0 Å². The van der Waals surface area contributed by atoms with E-state index in [0.29, 0.717) is 12.1 Å². The van der Waals surface area contributed by atoms with E-state index in [4.69, 9.17) is 16.7 Å². The van der Waals surface area contributed by atoms with Crippen molar-refractivity contribution in [3.63, 3.8) is 0 Å². The van der Waals surface area contributed by atoms with Crippen molar-refractivity contribution < 1.29 is 14.3 Å². The van der Waals surface area contributed by atoms with Crippen LogP contribution < -0.4 is 0 Å². The van der Waals surface area contributed by atoms with E-state index in [0.717, 1.165) is 12.3 Å². The summed E-state index contributed by atoms with van der Waals surface area (Å²) in [5.74, 6) is -1.74. The van der Waals surface area contributed by atoms with Crippen molar-refractivity contribution >= 4 is 23.2 Å². The molecule has 2 aromatic heterocycles. The van der Waals surface area contributed by atoms with Crippen LogP contribution in [0.3, 0.4) is 0 Å². The Balaban J connectivity index is 2.89. The third-order valence-electron chi connectivity index (χ3n) is 2.25. The summed E-state index contributed by atoms with van der Waals surface area (Å²) in [6.07, 6.45) is 1.51. The fourth-order valence-electron chi connectivity index (χ4n) is 1.59. The summed E-state index contributed by atoms with van der Waals surface area (Å²) in [7, 11) is 0. The minimum absolute atomic E-state index is 0.0427. The van der Waals surface area contributed by atoms with Gasteiger partial charge in [-0.3, -0.25) is 4.40 Å². The van der Waals surface area contributed by atoms with E-state index in [9.17, 15) is 9.18 Å². The zero-order chi connectivity index (χ0) is 11.9. The number of carboxylic acids is 1. The van der Waals surface area contributed by atoms with Gasteiger partial charge in [0.2, 0.25) is 0 Å². The van der Waals surface area contributed by atoms with E-state index in [-0.39, 0.29) is 16.4 Å². The molecule has 6 heteroatoms. The molecule has 84 valence electrons. The first-order chi connectivity index (χ1) is 7.54. The quantitative estimate of drug-likeness (QED) is 0.880. The van der Waals surface area contributed by atoms with Gasteiger partial charge < -0.3 is 5.11 Å². The molecule has 0 saturated carbocycles. The molecule has 0 radical (unpaired) electrons.